The molecule has 1 heterocycles. The summed E-state index contributed by atoms with van der Waals surface area (Å²) in [5.74, 6) is -0.186. The van der Waals surface area contributed by atoms with Gasteiger partial charge in [-0.1, -0.05) is 42.5 Å². The highest BCUT2D eigenvalue weighted by molar-refractivity contribution is 5.78. The first kappa shape index (κ1) is 27.0. The van der Waals surface area contributed by atoms with Gasteiger partial charge in [0.15, 0.2) is 0 Å². The van der Waals surface area contributed by atoms with E-state index in [1.165, 1.54) is 18.2 Å². The van der Waals surface area contributed by atoms with Crippen LogP contribution in [-0.2, 0) is 24.2 Å². The lowest BCUT2D eigenvalue weighted by Crippen LogP contribution is -2.32. The first-order valence-electron chi connectivity index (χ1n) is 11.4. The summed E-state index contributed by atoms with van der Waals surface area (Å²) in [6.07, 6.45) is -3.11. The number of alkyl halides is 3. The van der Waals surface area contributed by atoms with E-state index in [9.17, 15) is 23.1 Å². The number of aliphatic hydroxyl groups is 1. The molecule has 1 aromatic heterocycles. The standard InChI is InChI=1S/C26H29F3N4O3/c1-17(31-16-23(34)21-8-9-24(30)32-15-21)10-18-4-2-5-19(11-18)13-25(35)33-14-20-6-3-7-22(12-20)36-26(27,28)29/h2-9,11-12,15,17,23,31,34H,10,13-14,16H2,1H3,(H2,30,32)(H,33,35)/t17?,23-/m1/s1. The van der Waals surface area contributed by atoms with Gasteiger partial charge in [-0.3, -0.25) is 4.79 Å². The second kappa shape index (κ2) is 12.4. The predicted molar refractivity (Wildman–Crippen MR) is 130 cm³/mol. The van der Waals surface area contributed by atoms with Crippen LogP contribution in [0, 0.1) is 0 Å². The number of halogens is 3. The molecule has 0 aliphatic rings. The average Bonchev–Trinajstić information content (AvgIpc) is 2.81. The topological polar surface area (TPSA) is 110 Å². The van der Waals surface area contributed by atoms with Gasteiger partial charge < -0.3 is 26.2 Å². The number of nitrogen functional groups attached to an aromatic ring is 1. The van der Waals surface area contributed by atoms with Crippen molar-refractivity contribution in [3.05, 3.63) is 89.1 Å². The van der Waals surface area contributed by atoms with E-state index in [4.69, 9.17) is 5.73 Å². The third-order valence-electron chi connectivity index (χ3n) is 5.37. The zero-order valence-corrected chi connectivity index (χ0v) is 19.8. The van der Waals surface area contributed by atoms with Crippen LogP contribution in [0.2, 0.25) is 0 Å². The van der Waals surface area contributed by atoms with E-state index < -0.39 is 12.5 Å². The third-order valence-corrected chi connectivity index (χ3v) is 5.37. The number of aliphatic hydroxyl groups excluding tert-OH is 1. The van der Waals surface area contributed by atoms with Crippen molar-refractivity contribution in [3.63, 3.8) is 0 Å². The summed E-state index contributed by atoms with van der Waals surface area (Å²) >= 11 is 0. The van der Waals surface area contributed by atoms with Crippen molar-refractivity contribution in [3.8, 4) is 5.75 Å². The highest BCUT2D eigenvalue weighted by Crippen LogP contribution is 2.23. The molecule has 0 spiro atoms. The largest absolute Gasteiger partial charge is 0.573 e. The molecule has 2 aromatic carbocycles. The number of nitrogens with two attached hydrogens (primary N) is 1. The minimum Gasteiger partial charge on any atom is -0.406 e. The van der Waals surface area contributed by atoms with Crippen molar-refractivity contribution < 1.29 is 27.8 Å². The van der Waals surface area contributed by atoms with Gasteiger partial charge in [-0.25, -0.2) is 4.98 Å². The Hall–Kier alpha value is -3.63. The first-order chi connectivity index (χ1) is 17.1. The number of anilines is 1. The number of benzene rings is 2. The summed E-state index contributed by atoms with van der Waals surface area (Å²) in [6.45, 7) is 2.44. The normalized spacial score (nSPS) is 13.1. The molecule has 5 N–H and O–H groups in total. The third kappa shape index (κ3) is 9.20. The fourth-order valence-electron chi connectivity index (χ4n) is 3.64. The number of rotatable bonds is 11. The number of carbonyl (C=O) groups is 1. The molecule has 10 heteroatoms. The van der Waals surface area contributed by atoms with Crippen molar-refractivity contribution in [1.29, 1.82) is 0 Å². The van der Waals surface area contributed by atoms with E-state index in [-0.39, 0.29) is 30.7 Å². The fraction of sp³-hybridized carbons (Fsp3) is 0.308. The monoisotopic (exact) mass is 502 g/mol. The molecule has 36 heavy (non-hydrogen) atoms. The van der Waals surface area contributed by atoms with Crippen molar-refractivity contribution in [1.82, 2.24) is 15.6 Å². The second-order valence-electron chi connectivity index (χ2n) is 8.51. The van der Waals surface area contributed by atoms with Crippen LogP contribution in [0.4, 0.5) is 19.0 Å². The number of amides is 1. The lowest BCUT2D eigenvalue weighted by Gasteiger charge is -2.18. The number of carbonyl (C=O) groups excluding carboxylic acids is 1. The first-order valence-corrected chi connectivity index (χ1v) is 11.4. The number of ether oxygens (including phenoxy) is 1. The van der Waals surface area contributed by atoms with Gasteiger partial charge in [0.05, 0.1) is 12.5 Å². The zero-order valence-electron chi connectivity index (χ0n) is 19.8. The SMILES string of the molecule is CC(Cc1cccc(CC(=O)NCc2cccc(OC(F)(F)F)c2)c1)NC[C@@H](O)c1ccc(N)nc1. The van der Waals surface area contributed by atoms with Gasteiger partial charge >= 0.3 is 6.36 Å². The van der Waals surface area contributed by atoms with Gasteiger partial charge in [0.2, 0.25) is 5.91 Å². The lowest BCUT2D eigenvalue weighted by atomic mass is 10.0. The molecular weight excluding hydrogens is 473 g/mol. The lowest BCUT2D eigenvalue weighted by molar-refractivity contribution is -0.274. The summed E-state index contributed by atoms with van der Waals surface area (Å²) in [6, 6.07) is 16.6. The molecule has 0 radical (unpaired) electrons. The Morgan fingerprint density at radius 3 is 2.53 bits per heavy atom. The quantitative estimate of drug-likeness (QED) is 0.319. The van der Waals surface area contributed by atoms with Gasteiger partial charge in [0.1, 0.15) is 11.6 Å². The van der Waals surface area contributed by atoms with Crippen LogP contribution in [0.25, 0.3) is 0 Å². The van der Waals surface area contributed by atoms with E-state index in [1.54, 1.807) is 24.4 Å². The maximum Gasteiger partial charge on any atom is 0.573 e. The molecule has 0 bridgehead atoms. The molecule has 0 saturated heterocycles. The Kier molecular flexibility index (Phi) is 9.26. The Bertz CT molecular complexity index is 1140. The smallest absolute Gasteiger partial charge is 0.406 e. The molecule has 0 saturated carbocycles. The van der Waals surface area contributed by atoms with Crippen molar-refractivity contribution in [2.75, 3.05) is 12.3 Å². The fourth-order valence-corrected chi connectivity index (χ4v) is 3.64. The Labute approximate surface area is 207 Å². The van der Waals surface area contributed by atoms with Crippen LogP contribution in [0.1, 0.15) is 35.3 Å². The van der Waals surface area contributed by atoms with E-state index in [2.05, 4.69) is 20.4 Å². The number of nitrogens with zero attached hydrogens (tertiary/aromatic N) is 1. The number of aromatic nitrogens is 1. The van der Waals surface area contributed by atoms with E-state index in [1.807, 2.05) is 31.2 Å². The van der Waals surface area contributed by atoms with Gasteiger partial charge in [0.25, 0.3) is 0 Å². The molecule has 0 fully saturated rings. The number of hydrogen-bond acceptors (Lipinski definition) is 6. The maximum atomic E-state index is 12.4. The van der Waals surface area contributed by atoms with Crippen LogP contribution in [0.3, 0.4) is 0 Å². The number of hydrogen-bond donors (Lipinski definition) is 4. The summed E-state index contributed by atoms with van der Waals surface area (Å²) in [5, 5.41) is 16.3. The average molecular weight is 503 g/mol. The summed E-state index contributed by atoms with van der Waals surface area (Å²) in [7, 11) is 0. The van der Waals surface area contributed by atoms with Crippen molar-refractivity contribution in [2.24, 2.45) is 0 Å². The summed E-state index contributed by atoms with van der Waals surface area (Å²) in [5.41, 5.74) is 8.59. The van der Waals surface area contributed by atoms with Crippen molar-refractivity contribution >= 4 is 11.7 Å². The van der Waals surface area contributed by atoms with Crippen LogP contribution in [0.5, 0.6) is 5.75 Å². The van der Waals surface area contributed by atoms with Gasteiger partial charge in [0, 0.05) is 30.9 Å². The van der Waals surface area contributed by atoms with Gasteiger partial charge in [-0.2, -0.15) is 0 Å². The molecule has 192 valence electrons. The van der Waals surface area contributed by atoms with Crippen LogP contribution >= 0.6 is 0 Å². The van der Waals surface area contributed by atoms with Crippen molar-refractivity contribution in [2.45, 2.75) is 44.8 Å². The molecule has 3 rings (SSSR count). The van der Waals surface area contributed by atoms with E-state index in [0.29, 0.717) is 29.9 Å². The van der Waals surface area contributed by atoms with Gasteiger partial charge in [-0.15, -0.1) is 13.2 Å². The molecule has 2 atom stereocenters. The Morgan fingerprint density at radius 2 is 1.81 bits per heavy atom. The molecule has 1 amide bonds. The number of nitrogens with one attached hydrogen (secondary N) is 2. The second-order valence-corrected chi connectivity index (χ2v) is 8.51. The summed E-state index contributed by atoms with van der Waals surface area (Å²) < 4.78 is 41.1. The van der Waals surface area contributed by atoms with Crippen LogP contribution in [-0.4, -0.2) is 34.9 Å². The van der Waals surface area contributed by atoms with Gasteiger partial charge in [-0.05, 0) is 48.2 Å². The molecule has 3 aromatic rings. The molecule has 1 unspecified atom stereocenters. The Balaban J connectivity index is 1.46. The number of pyridine rings is 1. The zero-order chi connectivity index (χ0) is 26.1. The molecule has 0 aliphatic heterocycles. The van der Waals surface area contributed by atoms with Crippen LogP contribution in [0.15, 0.2) is 66.9 Å². The minimum atomic E-state index is -4.77. The highest BCUT2D eigenvalue weighted by atomic mass is 19.4. The van der Waals surface area contributed by atoms with Crippen LogP contribution < -0.4 is 21.1 Å². The highest BCUT2D eigenvalue weighted by Gasteiger charge is 2.31. The maximum absolute atomic E-state index is 12.4. The predicted octanol–water partition coefficient (Wildman–Crippen LogP) is 3.68. The Morgan fingerprint density at radius 1 is 1.08 bits per heavy atom. The minimum absolute atomic E-state index is 0.0664. The molecular formula is C26H29F3N4O3. The molecule has 7 nitrogen and oxygen atoms in total. The molecule has 0 aliphatic carbocycles. The van der Waals surface area contributed by atoms with E-state index in [0.717, 1.165) is 11.1 Å². The summed E-state index contributed by atoms with van der Waals surface area (Å²) in [4.78, 5) is 16.4. The van der Waals surface area contributed by atoms with E-state index >= 15 is 0 Å².